The van der Waals surface area contributed by atoms with Crippen molar-refractivity contribution in [1.29, 1.82) is 0 Å². The van der Waals surface area contributed by atoms with E-state index in [1.54, 1.807) is 24.0 Å². The van der Waals surface area contributed by atoms with Crippen LogP contribution in [0, 0.1) is 0 Å². The molecule has 0 radical (unpaired) electrons. The second-order valence-corrected chi connectivity index (χ2v) is 7.28. The first-order valence-corrected chi connectivity index (χ1v) is 9.76. The SMILES string of the molecule is CC(=O)N1CCC(C(=O)OCCOc2ccccc2Cl)(c2ccccc2)CC1. The van der Waals surface area contributed by atoms with Gasteiger partial charge in [-0.05, 0) is 30.5 Å². The average Bonchev–Trinajstić information content (AvgIpc) is 2.73. The minimum absolute atomic E-state index is 0.0307. The number of hydrogen-bond acceptors (Lipinski definition) is 4. The number of carbonyl (C=O) groups is 2. The molecule has 2 aromatic rings. The average molecular weight is 402 g/mol. The quantitative estimate of drug-likeness (QED) is 0.545. The number of para-hydroxylation sites is 1. The van der Waals surface area contributed by atoms with Gasteiger partial charge in [-0.2, -0.15) is 0 Å². The number of esters is 1. The molecule has 0 aromatic heterocycles. The number of carbonyl (C=O) groups excluding carboxylic acids is 2. The molecule has 148 valence electrons. The van der Waals surface area contributed by atoms with Gasteiger partial charge in [0, 0.05) is 20.0 Å². The summed E-state index contributed by atoms with van der Waals surface area (Å²) in [6, 6.07) is 16.8. The summed E-state index contributed by atoms with van der Waals surface area (Å²) in [6.07, 6.45) is 1.08. The minimum atomic E-state index is -0.738. The molecule has 0 unspecified atom stereocenters. The van der Waals surface area contributed by atoms with E-state index in [0.29, 0.717) is 36.7 Å². The van der Waals surface area contributed by atoms with Crippen LogP contribution < -0.4 is 4.74 Å². The number of piperidine rings is 1. The maximum atomic E-state index is 13.1. The van der Waals surface area contributed by atoms with E-state index < -0.39 is 5.41 Å². The van der Waals surface area contributed by atoms with Crippen molar-refractivity contribution in [3.05, 3.63) is 65.2 Å². The summed E-state index contributed by atoms with van der Waals surface area (Å²) in [5.41, 5.74) is 0.188. The highest BCUT2D eigenvalue weighted by atomic mass is 35.5. The van der Waals surface area contributed by atoms with Gasteiger partial charge in [-0.15, -0.1) is 0 Å². The molecule has 28 heavy (non-hydrogen) atoms. The van der Waals surface area contributed by atoms with E-state index in [-0.39, 0.29) is 25.1 Å². The van der Waals surface area contributed by atoms with Gasteiger partial charge < -0.3 is 14.4 Å². The number of rotatable bonds is 6. The van der Waals surface area contributed by atoms with Crippen LogP contribution in [0.5, 0.6) is 5.75 Å². The topological polar surface area (TPSA) is 55.8 Å². The van der Waals surface area contributed by atoms with E-state index >= 15 is 0 Å². The van der Waals surface area contributed by atoms with Crippen LogP contribution in [0.15, 0.2) is 54.6 Å². The Kier molecular flexibility index (Phi) is 6.57. The second kappa shape index (κ2) is 9.11. The van der Waals surface area contributed by atoms with Crippen molar-refractivity contribution < 1.29 is 19.1 Å². The van der Waals surface area contributed by atoms with Crippen molar-refractivity contribution in [2.75, 3.05) is 26.3 Å². The van der Waals surface area contributed by atoms with Crippen LogP contribution in [-0.2, 0) is 19.7 Å². The third kappa shape index (κ3) is 4.47. The van der Waals surface area contributed by atoms with Crippen LogP contribution in [0.3, 0.4) is 0 Å². The lowest BCUT2D eigenvalue weighted by atomic mass is 9.72. The molecule has 0 atom stereocenters. The van der Waals surface area contributed by atoms with Crippen LogP contribution in [0.2, 0.25) is 5.02 Å². The molecule has 0 saturated carbocycles. The molecule has 6 heteroatoms. The second-order valence-electron chi connectivity index (χ2n) is 6.87. The summed E-state index contributed by atoms with van der Waals surface area (Å²) >= 11 is 6.06. The van der Waals surface area contributed by atoms with Crippen molar-refractivity contribution in [2.24, 2.45) is 0 Å². The Hall–Kier alpha value is -2.53. The first-order valence-electron chi connectivity index (χ1n) is 9.38. The predicted molar refractivity (Wildman–Crippen MR) is 108 cm³/mol. The Labute approximate surface area is 170 Å². The lowest BCUT2D eigenvalue weighted by Crippen LogP contribution is -2.49. The van der Waals surface area contributed by atoms with Crippen LogP contribution in [0.1, 0.15) is 25.3 Å². The highest BCUT2D eigenvalue weighted by Crippen LogP contribution is 2.37. The molecule has 1 saturated heterocycles. The van der Waals surface area contributed by atoms with E-state index in [9.17, 15) is 9.59 Å². The first kappa shape index (κ1) is 20.2. The molecule has 0 N–H and O–H groups in total. The van der Waals surface area contributed by atoms with Crippen LogP contribution in [0.25, 0.3) is 0 Å². The normalized spacial score (nSPS) is 15.7. The molecule has 1 aliphatic rings. The van der Waals surface area contributed by atoms with Gasteiger partial charge >= 0.3 is 5.97 Å². The zero-order valence-electron chi connectivity index (χ0n) is 15.9. The highest BCUT2D eigenvalue weighted by Gasteiger charge is 2.44. The van der Waals surface area contributed by atoms with Gasteiger partial charge in [0.2, 0.25) is 5.91 Å². The molecule has 0 bridgehead atoms. The maximum absolute atomic E-state index is 13.1. The third-order valence-corrected chi connectivity index (χ3v) is 5.50. The largest absolute Gasteiger partial charge is 0.488 e. The molecular weight excluding hydrogens is 378 g/mol. The molecule has 0 aliphatic carbocycles. The van der Waals surface area contributed by atoms with E-state index in [4.69, 9.17) is 21.1 Å². The molecule has 1 fully saturated rings. The number of amides is 1. The number of nitrogens with zero attached hydrogens (tertiary/aromatic N) is 1. The van der Waals surface area contributed by atoms with Gasteiger partial charge in [0.05, 0.1) is 10.4 Å². The van der Waals surface area contributed by atoms with Gasteiger partial charge in [0.15, 0.2) is 0 Å². The zero-order chi connectivity index (χ0) is 20.0. The summed E-state index contributed by atoms with van der Waals surface area (Å²) in [4.78, 5) is 26.5. The number of benzene rings is 2. The van der Waals surface area contributed by atoms with Crippen molar-refractivity contribution in [2.45, 2.75) is 25.2 Å². The Bertz CT molecular complexity index is 816. The molecule has 5 nitrogen and oxygen atoms in total. The molecule has 1 heterocycles. The maximum Gasteiger partial charge on any atom is 0.316 e. The fraction of sp³-hybridized carbons (Fsp3) is 0.364. The van der Waals surface area contributed by atoms with Gasteiger partial charge in [-0.3, -0.25) is 9.59 Å². The smallest absolute Gasteiger partial charge is 0.316 e. The molecule has 1 amide bonds. The van der Waals surface area contributed by atoms with Gasteiger partial charge in [-0.25, -0.2) is 0 Å². The first-order chi connectivity index (χ1) is 13.5. The van der Waals surface area contributed by atoms with E-state index in [1.165, 1.54) is 0 Å². The predicted octanol–water partition coefficient (Wildman–Crippen LogP) is 3.84. The van der Waals surface area contributed by atoms with Gasteiger partial charge in [-0.1, -0.05) is 54.1 Å². The number of ether oxygens (including phenoxy) is 2. The van der Waals surface area contributed by atoms with Crippen molar-refractivity contribution in [1.82, 2.24) is 4.90 Å². The lowest BCUT2D eigenvalue weighted by molar-refractivity contribution is -0.155. The van der Waals surface area contributed by atoms with E-state index in [1.807, 2.05) is 42.5 Å². The summed E-state index contributed by atoms with van der Waals surface area (Å²) in [5, 5.41) is 0.520. The molecular formula is C22H24ClNO4. The number of halogens is 1. The van der Waals surface area contributed by atoms with Crippen molar-refractivity contribution in [3.8, 4) is 5.75 Å². The molecule has 0 spiro atoms. The summed E-state index contributed by atoms with van der Waals surface area (Å²) in [7, 11) is 0. The summed E-state index contributed by atoms with van der Waals surface area (Å²) < 4.78 is 11.2. The fourth-order valence-electron chi connectivity index (χ4n) is 3.56. The lowest BCUT2D eigenvalue weighted by Gasteiger charge is -2.40. The Balaban J connectivity index is 1.64. The molecule has 2 aromatic carbocycles. The van der Waals surface area contributed by atoms with Crippen molar-refractivity contribution in [3.63, 3.8) is 0 Å². The molecule has 1 aliphatic heterocycles. The van der Waals surface area contributed by atoms with Crippen LogP contribution >= 0.6 is 11.6 Å². The standard InChI is InChI=1S/C22H24ClNO4/c1-17(25)24-13-11-22(12-14-24,18-7-3-2-4-8-18)21(26)28-16-15-27-20-10-6-5-9-19(20)23/h2-10H,11-16H2,1H3. The Morgan fingerprint density at radius 3 is 2.29 bits per heavy atom. The number of likely N-dealkylation sites (tertiary alicyclic amines) is 1. The highest BCUT2D eigenvalue weighted by molar-refractivity contribution is 6.32. The Morgan fingerprint density at radius 1 is 1.00 bits per heavy atom. The van der Waals surface area contributed by atoms with Gasteiger partial charge in [0.1, 0.15) is 19.0 Å². The summed E-state index contributed by atoms with van der Waals surface area (Å²) in [6.45, 7) is 2.99. The van der Waals surface area contributed by atoms with E-state index in [2.05, 4.69) is 0 Å². The third-order valence-electron chi connectivity index (χ3n) is 5.19. The van der Waals surface area contributed by atoms with Crippen molar-refractivity contribution >= 4 is 23.5 Å². The molecule has 3 rings (SSSR count). The fourth-order valence-corrected chi connectivity index (χ4v) is 3.75. The Morgan fingerprint density at radius 2 is 1.64 bits per heavy atom. The summed E-state index contributed by atoms with van der Waals surface area (Å²) in [5.74, 6) is 0.320. The zero-order valence-corrected chi connectivity index (χ0v) is 16.7. The number of hydrogen-bond donors (Lipinski definition) is 0. The van der Waals surface area contributed by atoms with Crippen LogP contribution in [0.4, 0.5) is 0 Å². The van der Waals surface area contributed by atoms with E-state index in [0.717, 1.165) is 5.56 Å². The van der Waals surface area contributed by atoms with Gasteiger partial charge in [0.25, 0.3) is 0 Å². The monoisotopic (exact) mass is 401 g/mol. The minimum Gasteiger partial charge on any atom is -0.488 e. The van der Waals surface area contributed by atoms with Crippen LogP contribution in [-0.4, -0.2) is 43.1 Å².